The highest BCUT2D eigenvalue weighted by molar-refractivity contribution is 6.15. The molecule has 0 unspecified atom stereocenters. The van der Waals surface area contributed by atoms with Gasteiger partial charge in [-0.2, -0.15) is 0 Å². The Kier molecular flexibility index (Phi) is 6.81. The molecule has 0 radical (unpaired) electrons. The summed E-state index contributed by atoms with van der Waals surface area (Å²) in [5.41, 5.74) is 13.3. The molecule has 2 heterocycles. The molecule has 0 N–H and O–H groups in total. The lowest BCUT2D eigenvalue weighted by Gasteiger charge is -2.26. The molecule has 0 saturated heterocycles. The van der Waals surface area contributed by atoms with Gasteiger partial charge in [-0.1, -0.05) is 133 Å². The van der Waals surface area contributed by atoms with Crippen LogP contribution >= 0.6 is 0 Å². The van der Waals surface area contributed by atoms with Crippen molar-refractivity contribution in [3.8, 4) is 27.9 Å². The van der Waals surface area contributed by atoms with Crippen molar-refractivity contribution in [3.05, 3.63) is 194 Å². The molecule has 240 valence electrons. The zero-order valence-electron chi connectivity index (χ0n) is 27.8. The zero-order valence-corrected chi connectivity index (χ0v) is 27.8. The van der Waals surface area contributed by atoms with E-state index in [-0.39, 0.29) is 0 Å². The first-order chi connectivity index (χ1) is 25.3. The van der Waals surface area contributed by atoms with E-state index in [9.17, 15) is 0 Å². The van der Waals surface area contributed by atoms with Crippen molar-refractivity contribution in [3.63, 3.8) is 0 Å². The van der Waals surface area contributed by atoms with E-state index < -0.39 is 0 Å². The van der Waals surface area contributed by atoms with E-state index in [0.717, 1.165) is 50.3 Å². The van der Waals surface area contributed by atoms with Crippen LogP contribution in [0.15, 0.2) is 199 Å². The van der Waals surface area contributed by atoms with Crippen molar-refractivity contribution in [1.82, 2.24) is 4.57 Å². The fraction of sp³-hybridized carbons (Fsp3) is 0. The molecule has 3 nitrogen and oxygen atoms in total. The number of rotatable bonds is 6. The highest BCUT2D eigenvalue weighted by atomic mass is 16.3. The Bertz CT molecular complexity index is 2830. The maximum absolute atomic E-state index is 6.35. The second-order valence-corrected chi connectivity index (χ2v) is 12.9. The van der Waals surface area contributed by atoms with Crippen molar-refractivity contribution in [2.24, 2.45) is 0 Å². The van der Waals surface area contributed by atoms with Crippen LogP contribution in [0.3, 0.4) is 0 Å². The Morgan fingerprint density at radius 3 is 1.73 bits per heavy atom. The lowest BCUT2D eigenvalue weighted by Crippen LogP contribution is -2.10. The third-order valence-corrected chi connectivity index (χ3v) is 10.00. The standard InChI is InChI=1S/C48H32N2O/c1-3-13-33(14-4-1)34-25-29-37(30-26-34)49(44-22-12-24-46-47(44)42-18-8-10-23-45(42)51-46)38-31-27-35(28-32-38)39-19-11-20-41-40-17-7-9-21-43(40)50(48(39)41)36-15-5-2-6-16-36/h1-32H. The number of benzene rings is 8. The van der Waals surface area contributed by atoms with Gasteiger partial charge in [0.15, 0.2) is 0 Å². The summed E-state index contributed by atoms with van der Waals surface area (Å²) >= 11 is 0. The van der Waals surface area contributed by atoms with Gasteiger partial charge < -0.3 is 13.9 Å². The summed E-state index contributed by atoms with van der Waals surface area (Å²) in [6.45, 7) is 0. The molecule has 0 spiro atoms. The monoisotopic (exact) mass is 652 g/mol. The van der Waals surface area contributed by atoms with Crippen molar-refractivity contribution >= 4 is 60.8 Å². The highest BCUT2D eigenvalue weighted by Crippen LogP contribution is 2.44. The van der Waals surface area contributed by atoms with E-state index in [0.29, 0.717) is 0 Å². The largest absolute Gasteiger partial charge is 0.456 e. The number of para-hydroxylation sites is 4. The summed E-state index contributed by atoms with van der Waals surface area (Å²) in [4.78, 5) is 2.35. The van der Waals surface area contributed by atoms with Crippen LogP contribution in [0.5, 0.6) is 0 Å². The number of furan rings is 1. The van der Waals surface area contributed by atoms with Gasteiger partial charge in [0.1, 0.15) is 11.2 Å². The molecule has 10 rings (SSSR count). The molecule has 0 aliphatic heterocycles. The molecule has 0 fully saturated rings. The van der Waals surface area contributed by atoms with E-state index in [1.165, 1.54) is 38.5 Å². The first-order valence-electron chi connectivity index (χ1n) is 17.4. The number of hydrogen-bond acceptors (Lipinski definition) is 2. The van der Waals surface area contributed by atoms with Crippen molar-refractivity contribution in [2.75, 3.05) is 4.90 Å². The Morgan fingerprint density at radius 2 is 0.961 bits per heavy atom. The van der Waals surface area contributed by atoms with E-state index in [4.69, 9.17) is 4.42 Å². The van der Waals surface area contributed by atoms with Gasteiger partial charge in [0.2, 0.25) is 0 Å². The zero-order chi connectivity index (χ0) is 33.7. The molecule has 10 aromatic rings. The van der Waals surface area contributed by atoms with Gasteiger partial charge in [0.05, 0.1) is 22.1 Å². The van der Waals surface area contributed by atoms with Crippen LogP contribution in [0.2, 0.25) is 0 Å². The normalized spacial score (nSPS) is 11.5. The molecule has 0 aliphatic carbocycles. The summed E-state index contributed by atoms with van der Waals surface area (Å²) in [6.07, 6.45) is 0. The third kappa shape index (κ3) is 4.82. The van der Waals surface area contributed by atoms with Gasteiger partial charge in [-0.3, -0.25) is 0 Å². The lowest BCUT2D eigenvalue weighted by atomic mass is 10.0. The second-order valence-electron chi connectivity index (χ2n) is 12.9. The van der Waals surface area contributed by atoms with Crippen molar-refractivity contribution in [1.29, 1.82) is 0 Å². The van der Waals surface area contributed by atoms with Crippen molar-refractivity contribution in [2.45, 2.75) is 0 Å². The summed E-state index contributed by atoms with van der Waals surface area (Å²) in [7, 11) is 0. The Balaban J connectivity index is 1.15. The van der Waals surface area contributed by atoms with Crippen LogP contribution in [-0.2, 0) is 0 Å². The average Bonchev–Trinajstić information content (AvgIpc) is 3.76. The maximum atomic E-state index is 6.35. The van der Waals surface area contributed by atoms with Gasteiger partial charge in [-0.05, 0) is 77.4 Å². The first-order valence-corrected chi connectivity index (χ1v) is 17.4. The molecule has 51 heavy (non-hydrogen) atoms. The highest BCUT2D eigenvalue weighted by Gasteiger charge is 2.21. The molecule has 0 saturated carbocycles. The minimum Gasteiger partial charge on any atom is -0.456 e. The van der Waals surface area contributed by atoms with Gasteiger partial charge in [-0.25, -0.2) is 0 Å². The number of aromatic nitrogens is 1. The lowest BCUT2D eigenvalue weighted by molar-refractivity contribution is 0.669. The predicted octanol–water partition coefficient (Wildman–Crippen LogP) is 13.5. The van der Waals surface area contributed by atoms with Gasteiger partial charge in [0.25, 0.3) is 0 Å². The Hall–Kier alpha value is -6.84. The quantitative estimate of drug-likeness (QED) is 0.178. The molecule has 3 heteroatoms. The van der Waals surface area contributed by atoms with E-state index >= 15 is 0 Å². The smallest absolute Gasteiger partial charge is 0.137 e. The maximum Gasteiger partial charge on any atom is 0.137 e. The minimum atomic E-state index is 0.872. The molecular weight excluding hydrogens is 621 g/mol. The predicted molar refractivity (Wildman–Crippen MR) is 214 cm³/mol. The number of fused-ring (bicyclic) bond motifs is 6. The molecule has 0 aliphatic rings. The average molecular weight is 653 g/mol. The van der Waals surface area contributed by atoms with Gasteiger partial charge in [-0.15, -0.1) is 0 Å². The molecule has 2 aromatic heterocycles. The van der Waals surface area contributed by atoms with Crippen LogP contribution < -0.4 is 4.90 Å². The third-order valence-electron chi connectivity index (χ3n) is 10.00. The fourth-order valence-corrected chi connectivity index (χ4v) is 7.69. The number of nitrogens with zero attached hydrogens (tertiary/aromatic N) is 2. The number of anilines is 3. The first kappa shape index (κ1) is 29.1. The van der Waals surface area contributed by atoms with Gasteiger partial charge >= 0.3 is 0 Å². The Morgan fingerprint density at radius 1 is 0.392 bits per heavy atom. The fourth-order valence-electron chi connectivity index (χ4n) is 7.69. The minimum absolute atomic E-state index is 0.872. The molecule has 0 bridgehead atoms. The van der Waals surface area contributed by atoms with Crippen LogP contribution in [0.25, 0.3) is 71.7 Å². The second kappa shape index (κ2) is 11.9. The number of hydrogen-bond donors (Lipinski definition) is 0. The topological polar surface area (TPSA) is 21.3 Å². The van der Waals surface area contributed by atoms with E-state index in [2.05, 4.69) is 191 Å². The summed E-state index contributed by atoms with van der Waals surface area (Å²) in [6, 6.07) is 69.1. The van der Waals surface area contributed by atoms with Crippen LogP contribution in [-0.4, -0.2) is 4.57 Å². The van der Waals surface area contributed by atoms with E-state index in [1.54, 1.807) is 0 Å². The summed E-state index contributed by atoms with van der Waals surface area (Å²) in [5.74, 6) is 0. The summed E-state index contributed by atoms with van der Waals surface area (Å²) < 4.78 is 8.76. The molecule has 8 aromatic carbocycles. The SMILES string of the molecule is c1ccc(-c2ccc(N(c3ccc(-c4cccc5c6ccccc6n(-c6ccccc6)c45)cc3)c3cccc4oc5ccccc5c34)cc2)cc1. The van der Waals surface area contributed by atoms with Crippen LogP contribution in [0, 0.1) is 0 Å². The van der Waals surface area contributed by atoms with Crippen LogP contribution in [0.4, 0.5) is 17.1 Å². The molecular formula is C48H32N2O. The van der Waals surface area contributed by atoms with E-state index in [1.807, 2.05) is 12.1 Å². The van der Waals surface area contributed by atoms with Crippen molar-refractivity contribution < 1.29 is 4.42 Å². The summed E-state index contributed by atoms with van der Waals surface area (Å²) in [5, 5.41) is 4.70. The molecule has 0 amide bonds. The molecule has 0 atom stereocenters. The van der Waals surface area contributed by atoms with Crippen LogP contribution in [0.1, 0.15) is 0 Å². The van der Waals surface area contributed by atoms with Gasteiger partial charge in [0, 0.05) is 38.8 Å². The Labute approximate surface area is 295 Å².